The van der Waals surface area contributed by atoms with Crippen LogP contribution in [0.4, 0.5) is 13.2 Å². The van der Waals surface area contributed by atoms with Gasteiger partial charge in [-0.05, 0) is 41.5 Å². The van der Waals surface area contributed by atoms with Gasteiger partial charge < -0.3 is 9.47 Å². The maximum absolute atomic E-state index is 15.1. The highest BCUT2D eigenvalue weighted by Crippen LogP contribution is 2.36. The molecule has 2 atom stereocenters. The van der Waals surface area contributed by atoms with Crippen molar-refractivity contribution in [3.8, 4) is 11.1 Å². The van der Waals surface area contributed by atoms with Gasteiger partial charge in [0, 0.05) is 23.0 Å². The van der Waals surface area contributed by atoms with Crippen LogP contribution in [-0.4, -0.2) is 19.5 Å². The van der Waals surface area contributed by atoms with E-state index in [2.05, 4.69) is 13.8 Å². The Morgan fingerprint density at radius 3 is 2.22 bits per heavy atom. The third kappa shape index (κ3) is 5.95. The maximum Gasteiger partial charge on any atom is 0.166 e. The summed E-state index contributed by atoms with van der Waals surface area (Å²) in [6.45, 7) is 7.68. The molecule has 2 unspecified atom stereocenters. The lowest BCUT2D eigenvalue weighted by molar-refractivity contribution is -0.223. The molecular weight excluding hydrogens is 461 g/mol. The Morgan fingerprint density at radius 2 is 1.58 bits per heavy atom. The number of ether oxygens (including phenoxy) is 2. The van der Waals surface area contributed by atoms with Crippen molar-refractivity contribution in [1.82, 2.24) is 0 Å². The molecule has 2 aromatic rings. The first kappa shape index (κ1) is 26.7. The van der Waals surface area contributed by atoms with E-state index in [-0.39, 0.29) is 17.3 Å². The molecule has 4 rings (SSSR count). The molecular formula is C31H37F3O2. The first-order chi connectivity index (χ1) is 17.4. The van der Waals surface area contributed by atoms with Gasteiger partial charge in [-0.3, -0.25) is 0 Å². The van der Waals surface area contributed by atoms with Crippen molar-refractivity contribution in [2.24, 2.45) is 17.8 Å². The summed E-state index contributed by atoms with van der Waals surface area (Å²) in [5, 5.41) is 0. The molecule has 1 aliphatic heterocycles. The fourth-order valence-corrected chi connectivity index (χ4v) is 5.12. The number of hydrogen-bond donors (Lipinski definition) is 0. The summed E-state index contributed by atoms with van der Waals surface area (Å²) < 4.78 is 56.2. The van der Waals surface area contributed by atoms with Crippen molar-refractivity contribution in [3.63, 3.8) is 0 Å². The van der Waals surface area contributed by atoms with Gasteiger partial charge in [0.1, 0.15) is 5.83 Å². The number of rotatable bonds is 9. The minimum absolute atomic E-state index is 0.168. The number of unbranched alkanes of at least 4 members (excludes halogenated alkanes) is 1. The first-order valence-corrected chi connectivity index (χ1v) is 13.3. The summed E-state index contributed by atoms with van der Waals surface area (Å²) in [6.07, 6.45) is 8.47. The van der Waals surface area contributed by atoms with Gasteiger partial charge in [0.25, 0.3) is 0 Å². The molecule has 1 fully saturated rings. The molecule has 0 aromatic heterocycles. The lowest BCUT2D eigenvalue weighted by atomic mass is 9.88. The second-order valence-electron chi connectivity index (χ2n) is 10.2. The fraction of sp³-hybridized carbons (Fsp3) is 0.484. The van der Waals surface area contributed by atoms with Gasteiger partial charge in [0.2, 0.25) is 0 Å². The van der Waals surface area contributed by atoms with Gasteiger partial charge in [-0.25, -0.2) is 13.2 Å². The third-order valence-electron chi connectivity index (χ3n) is 7.52. The van der Waals surface area contributed by atoms with Gasteiger partial charge in [-0.15, -0.1) is 0 Å². The summed E-state index contributed by atoms with van der Waals surface area (Å²) in [5.74, 6) is -1.17. The molecule has 36 heavy (non-hydrogen) atoms. The van der Waals surface area contributed by atoms with Crippen LogP contribution in [0.1, 0.15) is 64.0 Å². The molecule has 1 aliphatic carbocycles. The van der Waals surface area contributed by atoms with E-state index < -0.39 is 17.9 Å². The molecule has 1 heterocycles. The van der Waals surface area contributed by atoms with E-state index in [0.29, 0.717) is 60.2 Å². The van der Waals surface area contributed by atoms with E-state index in [4.69, 9.17) is 9.47 Å². The van der Waals surface area contributed by atoms with Crippen LogP contribution in [0.3, 0.4) is 0 Å². The number of benzene rings is 2. The molecule has 0 spiro atoms. The summed E-state index contributed by atoms with van der Waals surface area (Å²) in [5.41, 5.74) is 2.36. The van der Waals surface area contributed by atoms with Crippen molar-refractivity contribution in [3.05, 3.63) is 77.1 Å². The van der Waals surface area contributed by atoms with E-state index in [0.717, 1.165) is 6.42 Å². The Hall–Kier alpha value is -2.37. The van der Waals surface area contributed by atoms with E-state index >= 15 is 4.39 Å². The number of aryl methyl sites for hydroxylation is 1. The average Bonchev–Trinajstić information content (AvgIpc) is 2.90. The largest absolute Gasteiger partial charge is 0.352 e. The smallest absolute Gasteiger partial charge is 0.166 e. The summed E-state index contributed by atoms with van der Waals surface area (Å²) >= 11 is 0. The van der Waals surface area contributed by atoms with Crippen LogP contribution < -0.4 is 0 Å². The zero-order valence-electron chi connectivity index (χ0n) is 21.5. The van der Waals surface area contributed by atoms with E-state index in [1.165, 1.54) is 19.3 Å². The Morgan fingerprint density at radius 1 is 0.889 bits per heavy atom. The van der Waals surface area contributed by atoms with E-state index in [1.54, 1.807) is 42.5 Å². The van der Waals surface area contributed by atoms with Crippen molar-refractivity contribution in [2.75, 3.05) is 13.2 Å². The van der Waals surface area contributed by atoms with Gasteiger partial charge in [-0.1, -0.05) is 88.9 Å². The molecule has 0 bridgehead atoms. The average molecular weight is 499 g/mol. The van der Waals surface area contributed by atoms with E-state index in [1.807, 2.05) is 13.0 Å². The Bertz CT molecular complexity index is 1080. The number of allylic oxidation sites excluding steroid dienone is 3. The van der Waals surface area contributed by atoms with Crippen LogP contribution in [0.25, 0.3) is 16.7 Å². The van der Waals surface area contributed by atoms with Crippen molar-refractivity contribution < 1.29 is 22.6 Å². The van der Waals surface area contributed by atoms with Crippen LogP contribution in [0, 0.1) is 29.4 Å². The molecule has 2 nitrogen and oxygen atoms in total. The third-order valence-corrected chi connectivity index (χ3v) is 7.52. The topological polar surface area (TPSA) is 18.5 Å². The molecule has 0 N–H and O–H groups in total. The summed E-state index contributed by atoms with van der Waals surface area (Å²) in [6, 6.07) is 10.2. The molecule has 5 heteroatoms. The molecule has 2 aromatic carbocycles. The summed E-state index contributed by atoms with van der Waals surface area (Å²) in [7, 11) is 0. The Kier molecular flexibility index (Phi) is 9.08. The molecule has 194 valence electrons. The van der Waals surface area contributed by atoms with Gasteiger partial charge in [0.15, 0.2) is 17.9 Å². The van der Waals surface area contributed by atoms with Crippen LogP contribution >= 0.6 is 0 Å². The molecule has 0 radical (unpaired) electrons. The second kappa shape index (κ2) is 12.2. The molecule has 0 amide bonds. The van der Waals surface area contributed by atoms with Crippen molar-refractivity contribution in [1.29, 1.82) is 0 Å². The molecule has 0 saturated carbocycles. The highest BCUT2D eigenvalue weighted by molar-refractivity contribution is 5.79. The van der Waals surface area contributed by atoms with Crippen LogP contribution in [0.2, 0.25) is 0 Å². The zero-order chi connectivity index (χ0) is 25.7. The summed E-state index contributed by atoms with van der Waals surface area (Å²) in [4.78, 5) is 0. The Labute approximate surface area is 213 Å². The van der Waals surface area contributed by atoms with Crippen molar-refractivity contribution >= 4 is 5.57 Å². The van der Waals surface area contributed by atoms with Crippen LogP contribution in [-0.2, 0) is 15.9 Å². The molecule has 2 aliphatic rings. The van der Waals surface area contributed by atoms with Crippen LogP contribution in [0.5, 0.6) is 0 Å². The minimum atomic E-state index is -0.839. The fourth-order valence-electron chi connectivity index (χ4n) is 5.12. The number of halogens is 3. The minimum Gasteiger partial charge on any atom is -0.352 e. The van der Waals surface area contributed by atoms with Gasteiger partial charge in [-0.2, -0.15) is 0 Å². The molecule has 1 saturated heterocycles. The first-order valence-electron chi connectivity index (χ1n) is 13.3. The predicted octanol–water partition coefficient (Wildman–Crippen LogP) is 8.66. The van der Waals surface area contributed by atoms with Gasteiger partial charge >= 0.3 is 0 Å². The lowest BCUT2D eigenvalue weighted by Gasteiger charge is -2.36. The van der Waals surface area contributed by atoms with E-state index in [9.17, 15) is 8.78 Å². The normalized spacial score (nSPS) is 23.2. The lowest BCUT2D eigenvalue weighted by Crippen LogP contribution is -2.39. The van der Waals surface area contributed by atoms with Gasteiger partial charge in [0.05, 0.1) is 13.2 Å². The second-order valence-corrected chi connectivity index (χ2v) is 10.2. The maximum atomic E-state index is 15.1. The SMILES string of the molecule is CCCCC(C)C1COC(C2C=C(F)C(c3ccc(-c4ccc(CCC)c(F)c4F)cc3)=CC2)OC1. The Balaban J connectivity index is 1.39. The van der Waals surface area contributed by atoms with Crippen LogP contribution in [0.15, 0.2) is 54.4 Å². The predicted molar refractivity (Wildman–Crippen MR) is 139 cm³/mol. The highest BCUT2D eigenvalue weighted by atomic mass is 19.2. The quantitative estimate of drug-likeness (QED) is 0.344. The standard InChI is InChI=1S/C31H37F3O2/c1-4-6-8-20(3)25-18-35-31(36-19-25)24-14-15-26(28(32)17-24)21-9-11-22(12-10-21)27-16-13-23(7-5-2)29(33)30(27)34/h9-13,15-17,20,24-25,31H,4-8,14,18-19H2,1-3H3. The monoisotopic (exact) mass is 498 g/mol. The number of hydrogen-bond acceptors (Lipinski definition) is 2. The highest BCUT2D eigenvalue weighted by Gasteiger charge is 2.32. The van der Waals surface area contributed by atoms with Crippen molar-refractivity contribution in [2.45, 2.75) is 65.6 Å². The zero-order valence-corrected chi connectivity index (χ0v) is 21.5.